The van der Waals surface area contributed by atoms with Crippen LogP contribution in [0.3, 0.4) is 0 Å². The molecule has 1 N–H and O–H groups in total. The number of nitrogens with zero attached hydrogens (tertiary/aromatic N) is 4. The van der Waals surface area contributed by atoms with Crippen LogP contribution in [0.25, 0.3) is 27.8 Å². The van der Waals surface area contributed by atoms with Crippen LogP contribution in [0.2, 0.25) is 0 Å². The maximum absolute atomic E-state index is 13.5. The number of anilines is 1. The van der Waals surface area contributed by atoms with E-state index in [-0.39, 0.29) is 6.54 Å². The summed E-state index contributed by atoms with van der Waals surface area (Å²) in [4.78, 5) is 4.74. The number of halogens is 2. The van der Waals surface area contributed by atoms with E-state index in [0.29, 0.717) is 22.7 Å². The maximum atomic E-state index is 13.5. The molecule has 5 rings (SSSR count). The topological polar surface area (TPSA) is 55.1 Å². The summed E-state index contributed by atoms with van der Waals surface area (Å²) >= 11 is 0. The van der Waals surface area contributed by atoms with Crippen molar-refractivity contribution in [3.63, 3.8) is 0 Å². The molecule has 0 aliphatic heterocycles. The fraction of sp³-hybridized carbons (Fsp3) is 0.0455. The number of aromatic nitrogens is 4. The molecule has 5 nitrogen and oxygen atoms in total. The number of hydrogen-bond donors (Lipinski definition) is 1. The first-order valence-corrected chi connectivity index (χ1v) is 9.07. The monoisotopic (exact) mass is 387 g/mol. The van der Waals surface area contributed by atoms with E-state index in [1.54, 1.807) is 4.52 Å². The zero-order chi connectivity index (χ0) is 19.8. The lowest BCUT2D eigenvalue weighted by molar-refractivity contribution is 0.580. The van der Waals surface area contributed by atoms with Crippen LogP contribution in [0.4, 0.5) is 14.6 Å². The summed E-state index contributed by atoms with van der Waals surface area (Å²) in [6, 6.07) is 20.8. The van der Waals surface area contributed by atoms with Gasteiger partial charge in [0.1, 0.15) is 23.1 Å². The van der Waals surface area contributed by atoms with Crippen molar-refractivity contribution in [2.24, 2.45) is 0 Å². The minimum absolute atomic E-state index is 0.226. The first-order valence-electron chi connectivity index (χ1n) is 9.07. The molecule has 0 spiro atoms. The molecule has 2 heterocycles. The first kappa shape index (κ1) is 17.2. The summed E-state index contributed by atoms with van der Waals surface area (Å²) in [5.74, 6) is -0.625. The Hall–Kier alpha value is -3.87. The van der Waals surface area contributed by atoms with Gasteiger partial charge in [0.05, 0.1) is 5.52 Å². The Bertz CT molecular complexity index is 1310. The van der Waals surface area contributed by atoms with Gasteiger partial charge in [-0.05, 0) is 29.8 Å². The van der Waals surface area contributed by atoms with Crippen LogP contribution in [0.1, 0.15) is 5.56 Å². The molecule has 0 bridgehead atoms. The minimum atomic E-state index is -0.610. The van der Waals surface area contributed by atoms with E-state index in [1.165, 1.54) is 12.1 Å². The quantitative estimate of drug-likeness (QED) is 0.480. The molecule has 0 saturated carbocycles. The smallest absolute Gasteiger partial charge is 0.186 e. The fourth-order valence-corrected chi connectivity index (χ4v) is 3.38. The molecule has 0 radical (unpaired) electrons. The average molecular weight is 387 g/mol. The van der Waals surface area contributed by atoms with Gasteiger partial charge in [0.15, 0.2) is 5.65 Å². The standard InChI is InChI=1S/C22H15F2N5/c23-16-10-14(11-17(24)12-16)13-25-21-18-8-4-5-9-19(18)29-22(26-21)20(27-28-29)15-6-2-1-3-7-15/h1-12H,13H2,(H,25,26). The second kappa shape index (κ2) is 6.94. The number of benzene rings is 3. The Morgan fingerprint density at radius 3 is 2.38 bits per heavy atom. The van der Waals surface area contributed by atoms with Crippen molar-refractivity contribution in [2.45, 2.75) is 6.54 Å². The van der Waals surface area contributed by atoms with Crippen molar-refractivity contribution in [1.29, 1.82) is 0 Å². The minimum Gasteiger partial charge on any atom is -0.365 e. The molecule has 7 heteroatoms. The predicted molar refractivity (Wildman–Crippen MR) is 107 cm³/mol. The second-order valence-corrected chi connectivity index (χ2v) is 6.65. The van der Waals surface area contributed by atoms with Crippen LogP contribution in [0.5, 0.6) is 0 Å². The third-order valence-corrected chi connectivity index (χ3v) is 4.68. The van der Waals surface area contributed by atoms with E-state index in [2.05, 4.69) is 15.6 Å². The summed E-state index contributed by atoms with van der Waals surface area (Å²) in [7, 11) is 0. The third kappa shape index (κ3) is 3.16. The Morgan fingerprint density at radius 1 is 0.862 bits per heavy atom. The molecule has 0 aliphatic carbocycles. The molecule has 0 unspecified atom stereocenters. The van der Waals surface area contributed by atoms with Gasteiger partial charge in [0.25, 0.3) is 0 Å². The van der Waals surface area contributed by atoms with Crippen LogP contribution in [0, 0.1) is 11.6 Å². The summed E-state index contributed by atoms with van der Waals surface area (Å²) in [5.41, 5.74) is 3.49. The molecule has 29 heavy (non-hydrogen) atoms. The van der Waals surface area contributed by atoms with E-state index < -0.39 is 11.6 Å². The van der Waals surface area contributed by atoms with Gasteiger partial charge < -0.3 is 5.32 Å². The Labute approximate surface area is 164 Å². The number of hydrogen-bond acceptors (Lipinski definition) is 4. The summed E-state index contributed by atoms with van der Waals surface area (Å²) < 4.78 is 28.7. The SMILES string of the molecule is Fc1cc(F)cc(CNc2nc3c(-c4ccccc4)nnn3c3ccccc23)c1. The summed E-state index contributed by atoms with van der Waals surface area (Å²) in [6.45, 7) is 0.226. The zero-order valence-corrected chi connectivity index (χ0v) is 15.2. The highest BCUT2D eigenvalue weighted by atomic mass is 19.1. The van der Waals surface area contributed by atoms with Crippen molar-refractivity contribution < 1.29 is 8.78 Å². The second-order valence-electron chi connectivity index (χ2n) is 6.65. The van der Waals surface area contributed by atoms with E-state index in [0.717, 1.165) is 22.5 Å². The zero-order valence-electron chi connectivity index (χ0n) is 15.2. The molecule has 0 fully saturated rings. The highest BCUT2D eigenvalue weighted by Crippen LogP contribution is 2.28. The van der Waals surface area contributed by atoms with E-state index in [4.69, 9.17) is 4.98 Å². The van der Waals surface area contributed by atoms with Gasteiger partial charge in [0.2, 0.25) is 0 Å². The lowest BCUT2D eigenvalue weighted by Crippen LogP contribution is -2.05. The van der Waals surface area contributed by atoms with Crippen LogP contribution < -0.4 is 5.32 Å². The average Bonchev–Trinajstić information content (AvgIpc) is 3.16. The van der Waals surface area contributed by atoms with Gasteiger partial charge in [-0.15, -0.1) is 5.10 Å². The van der Waals surface area contributed by atoms with Crippen molar-refractivity contribution >= 4 is 22.4 Å². The molecule has 0 saturated heterocycles. The predicted octanol–water partition coefficient (Wildman–Crippen LogP) is 4.83. The Kier molecular flexibility index (Phi) is 4.13. The van der Waals surface area contributed by atoms with Crippen molar-refractivity contribution in [2.75, 3.05) is 5.32 Å². The molecular weight excluding hydrogens is 372 g/mol. The van der Waals surface area contributed by atoms with Crippen molar-refractivity contribution in [3.05, 3.63) is 90.0 Å². The van der Waals surface area contributed by atoms with Gasteiger partial charge in [-0.3, -0.25) is 0 Å². The number of fused-ring (bicyclic) bond motifs is 3. The highest BCUT2D eigenvalue weighted by molar-refractivity contribution is 5.93. The normalized spacial score (nSPS) is 11.2. The Morgan fingerprint density at radius 2 is 1.59 bits per heavy atom. The molecule has 0 amide bonds. The van der Waals surface area contributed by atoms with Crippen LogP contribution in [0.15, 0.2) is 72.8 Å². The van der Waals surface area contributed by atoms with Gasteiger partial charge in [-0.1, -0.05) is 47.7 Å². The maximum Gasteiger partial charge on any atom is 0.186 e. The molecule has 2 aromatic heterocycles. The molecular formula is C22H15F2N5. The first-order chi connectivity index (χ1) is 14.2. The molecule has 0 aliphatic rings. The summed E-state index contributed by atoms with van der Waals surface area (Å²) in [6.07, 6.45) is 0. The van der Waals surface area contributed by atoms with Gasteiger partial charge in [-0.25, -0.2) is 13.8 Å². The van der Waals surface area contributed by atoms with Crippen LogP contribution >= 0.6 is 0 Å². The molecule has 5 aromatic rings. The van der Waals surface area contributed by atoms with E-state index >= 15 is 0 Å². The van der Waals surface area contributed by atoms with Crippen molar-refractivity contribution in [1.82, 2.24) is 19.8 Å². The molecule has 3 aromatic carbocycles. The van der Waals surface area contributed by atoms with Gasteiger partial charge >= 0.3 is 0 Å². The van der Waals surface area contributed by atoms with Gasteiger partial charge in [-0.2, -0.15) is 4.52 Å². The fourth-order valence-electron chi connectivity index (χ4n) is 3.38. The molecule has 0 atom stereocenters. The lowest BCUT2D eigenvalue weighted by Gasteiger charge is -2.11. The van der Waals surface area contributed by atoms with E-state index in [9.17, 15) is 8.78 Å². The largest absolute Gasteiger partial charge is 0.365 e. The Balaban J connectivity index is 1.63. The van der Waals surface area contributed by atoms with Gasteiger partial charge in [0, 0.05) is 23.6 Å². The lowest BCUT2D eigenvalue weighted by atomic mass is 10.1. The number of rotatable bonds is 4. The van der Waals surface area contributed by atoms with Crippen molar-refractivity contribution in [3.8, 4) is 11.3 Å². The number of nitrogens with one attached hydrogen (secondary N) is 1. The number of para-hydroxylation sites is 1. The summed E-state index contributed by atoms with van der Waals surface area (Å²) in [5, 5.41) is 12.6. The van der Waals surface area contributed by atoms with Crippen LogP contribution in [-0.2, 0) is 6.54 Å². The third-order valence-electron chi connectivity index (χ3n) is 4.68. The molecule has 142 valence electrons. The van der Waals surface area contributed by atoms with E-state index in [1.807, 2.05) is 54.6 Å². The van der Waals surface area contributed by atoms with Crippen LogP contribution in [-0.4, -0.2) is 19.8 Å². The highest BCUT2D eigenvalue weighted by Gasteiger charge is 2.15.